The third-order valence-electron chi connectivity index (χ3n) is 6.49. The van der Waals surface area contributed by atoms with E-state index in [0.717, 1.165) is 0 Å². The Morgan fingerprint density at radius 2 is 1.83 bits per heavy atom. The standard InChI is InChI=1S/C23H26F3N3O6Si/c1-9-6-7-15(36(32,33)29-22-11(3)13(5)28-35-22)16(9)21(31)27-17-12(4)18(30)10(2)8-14(17)19-20(34-19)23(24,25)26/h6-9,19-20,29-30,32-33H,1-5H3,(H,27,31). The average molecular weight is 526 g/mol. The van der Waals surface area contributed by atoms with Gasteiger partial charge in [0, 0.05) is 33.4 Å². The van der Waals surface area contributed by atoms with E-state index in [1.807, 2.05) is 0 Å². The number of aromatic nitrogens is 1. The van der Waals surface area contributed by atoms with Crippen molar-refractivity contribution in [1.82, 2.24) is 5.16 Å². The molecule has 1 amide bonds. The normalized spacial score (nSPS) is 21.8. The number of allylic oxidation sites excluding steroid dienone is 3. The number of phenolic OH excluding ortho intramolecular Hbond substituents is 1. The van der Waals surface area contributed by atoms with Gasteiger partial charge in [0.15, 0.2) is 6.10 Å². The number of phenols is 1. The predicted octanol–water partition coefficient (Wildman–Crippen LogP) is 3.63. The second kappa shape index (κ2) is 8.76. The van der Waals surface area contributed by atoms with Crippen molar-refractivity contribution in [2.75, 3.05) is 10.3 Å². The molecule has 1 aliphatic carbocycles. The Bertz CT molecular complexity index is 1300. The van der Waals surface area contributed by atoms with Gasteiger partial charge in [0.2, 0.25) is 5.88 Å². The Morgan fingerprint density at radius 1 is 1.17 bits per heavy atom. The van der Waals surface area contributed by atoms with Gasteiger partial charge in [-0.1, -0.05) is 24.2 Å². The van der Waals surface area contributed by atoms with E-state index in [9.17, 15) is 32.7 Å². The molecule has 1 fully saturated rings. The molecule has 13 heteroatoms. The predicted molar refractivity (Wildman–Crippen MR) is 125 cm³/mol. The lowest BCUT2D eigenvalue weighted by Crippen LogP contribution is -2.48. The molecule has 36 heavy (non-hydrogen) atoms. The molecular weight excluding hydrogens is 499 g/mol. The fourth-order valence-electron chi connectivity index (χ4n) is 4.24. The van der Waals surface area contributed by atoms with Crippen LogP contribution in [0.5, 0.6) is 5.75 Å². The highest BCUT2D eigenvalue weighted by Crippen LogP contribution is 2.52. The van der Waals surface area contributed by atoms with E-state index in [1.54, 1.807) is 26.8 Å². The summed E-state index contributed by atoms with van der Waals surface area (Å²) in [6.07, 6.45) is -4.93. The summed E-state index contributed by atoms with van der Waals surface area (Å²) >= 11 is 0. The van der Waals surface area contributed by atoms with Gasteiger partial charge in [0.25, 0.3) is 5.91 Å². The zero-order chi connectivity index (χ0) is 26.7. The minimum Gasteiger partial charge on any atom is -0.507 e. The van der Waals surface area contributed by atoms with Crippen molar-refractivity contribution in [2.24, 2.45) is 5.92 Å². The third-order valence-corrected chi connectivity index (χ3v) is 8.25. The summed E-state index contributed by atoms with van der Waals surface area (Å²) in [5.74, 6) is -1.43. The van der Waals surface area contributed by atoms with Crippen LogP contribution >= 0.6 is 0 Å². The van der Waals surface area contributed by atoms with Gasteiger partial charge < -0.3 is 34.3 Å². The summed E-state index contributed by atoms with van der Waals surface area (Å²) in [7, 11) is -4.48. The molecule has 0 bridgehead atoms. The highest BCUT2D eigenvalue weighted by atomic mass is 28.4. The van der Waals surface area contributed by atoms with Crippen molar-refractivity contribution >= 4 is 26.2 Å². The van der Waals surface area contributed by atoms with E-state index >= 15 is 0 Å². The van der Waals surface area contributed by atoms with E-state index in [4.69, 9.17) is 9.26 Å². The summed E-state index contributed by atoms with van der Waals surface area (Å²) in [5.41, 5.74) is 1.67. The van der Waals surface area contributed by atoms with Gasteiger partial charge in [0.05, 0.1) is 11.4 Å². The Morgan fingerprint density at radius 3 is 2.39 bits per heavy atom. The van der Waals surface area contributed by atoms with Crippen molar-refractivity contribution in [2.45, 2.75) is 53.0 Å². The van der Waals surface area contributed by atoms with Crippen LogP contribution in [-0.4, -0.2) is 46.8 Å². The highest BCUT2D eigenvalue weighted by molar-refractivity contribution is 6.77. The summed E-state index contributed by atoms with van der Waals surface area (Å²) in [4.78, 5) is 37.8. The molecule has 9 nitrogen and oxygen atoms in total. The number of epoxide rings is 1. The molecule has 3 atom stereocenters. The zero-order valence-electron chi connectivity index (χ0n) is 20.1. The number of aryl methyl sites for hydroxylation is 2. The van der Waals surface area contributed by atoms with Crippen LogP contribution in [0.3, 0.4) is 0 Å². The van der Waals surface area contributed by atoms with Crippen LogP contribution in [0.15, 0.2) is 33.5 Å². The summed E-state index contributed by atoms with van der Waals surface area (Å²) in [5, 5.41) is 16.7. The van der Waals surface area contributed by atoms with Crippen molar-refractivity contribution < 1.29 is 41.9 Å². The number of anilines is 2. The van der Waals surface area contributed by atoms with Gasteiger partial charge in [-0.25, -0.2) is 0 Å². The molecular formula is C23H26F3N3O6Si. The van der Waals surface area contributed by atoms with E-state index in [0.29, 0.717) is 16.8 Å². The molecule has 5 N–H and O–H groups in total. The number of hydrogen-bond donors (Lipinski definition) is 5. The first-order chi connectivity index (χ1) is 16.6. The minimum atomic E-state index is -4.59. The van der Waals surface area contributed by atoms with Crippen LogP contribution in [0, 0.1) is 33.6 Å². The number of halogens is 3. The molecule has 2 aromatic rings. The van der Waals surface area contributed by atoms with Gasteiger partial charge in [-0.15, -0.1) is 0 Å². The summed E-state index contributed by atoms with van der Waals surface area (Å²) < 4.78 is 49.5. The lowest BCUT2D eigenvalue weighted by molar-refractivity contribution is -0.146. The van der Waals surface area contributed by atoms with E-state index in [1.165, 1.54) is 26.0 Å². The Hall–Kier alpha value is -3.13. The SMILES string of the molecule is Cc1cc(C2OC2C(F)(F)F)c(NC(=O)C2=C([Si](O)(O)Nc3onc(C)c3C)C=CC2C)c(C)c1O. The Kier molecular flexibility index (Phi) is 6.31. The van der Waals surface area contributed by atoms with Crippen LogP contribution in [0.2, 0.25) is 0 Å². The molecule has 0 saturated carbocycles. The van der Waals surface area contributed by atoms with E-state index in [-0.39, 0.29) is 39.2 Å². The van der Waals surface area contributed by atoms with Crippen molar-refractivity contribution in [3.8, 4) is 5.75 Å². The molecule has 3 unspecified atom stereocenters. The first-order valence-electron chi connectivity index (χ1n) is 11.1. The van der Waals surface area contributed by atoms with Gasteiger partial charge in [0.1, 0.15) is 11.9 Å². The molecule has 1 saturated heterocycles. The number of carbonyl (C=O) groups is 1. The minimum absolute atomic E-state index is 0.0163. The van der Waals surface area contributed by atoms with Crippen LogP contribution in [-0.2, 0) is 9.53 Å². The molecule has 1 aromatic carbocycles. The molecule has 1 aliphatic heterocycles. The number of rotatable bonds is 6. The maximum absolute atomic E-state index is 13.4. The number of hydrogen-bond acceptors (Lipinski definition) is 8. The quantitative estimate of drug-likeness (QED) is 0.285. The largest absolute Gasteiger partial charge is 0.507 e. The number of aromatic hydroxyl groups is 1. The number of ether oxygens (including phenoxy) is 1. The molecule has 194 valence electrons. The number of nitrogens with one attached hydrogen (secondary N) is 2. The van der Waals surface area contributed by atoms with Gasteiger partial charge in [-0.2, -0.15) is 13.2 Å². The Balaban J connectivity index is 1.69. The first-order valence-corrected chi connectivity index (χ1v) is 13.0. The summed E-state index contributed by atoms with van der Waals surface area (Å²) in [6, 6.07) is 1.34. The fourth-order valence-corrected chi connectivity index (χ4v) is 5.97. The zero-order valence-corrected chi connectivity index (χ0v) is 21.1. The maximum atomic E-state index is 13.4. The van der Waals surface area contributed by atoms with Gasteiger partial charge >= 0.3 is 14.9 Å². The molecule has 0 spiro atoms. The number of nitrogens with zero attached hydrogens (tertiary/aromatic N) is 1. The lowest BCUT2D eigenvalue weighted by atomic mass is 9.97. The monoisotopic (exact) mass is 525 g/mol. The first kappa shape index (κ1) is 25.9. The second-order valence-corrected chi connectivity index (χ2v) is 11.2. The topological polar surface area (TPSA) is 140 Å². The van der Waals surface area contributed by atoms with Crippen molar-refractivity contribution in [1.29, 1.82) is 0 Å². The average Bonchev–Trinajstić information content (AvgIpc) is 3.42. The number of carbonyl (C=O) groups excluding carboxylic acids is 1. The van der Waals surface area contributed by atoms with E-state index in [2.05, 4.69) is 15.5 Å². The Labute approximate surface area is 205 Å². The number of benzene rings is 1. The van der Waals surface area contributed by atoms with Crippen molar-refractivity contribution in [3.63, 3.8) is 0 Å². The van der Waals surface area contributed by atoms with Gasteiger partial charge in [-0.3, -0.25) is 4.79 Å². The number of amides is 1. The van der Waals surface area contributed by atoms with Crippen LogP contribution in [0.25, 0.3) is 0 Å². The fraction of sp³-hybridized carbons (Fsp3) is 0.391. The van der Waals surface area contributed by atoms with Crippen LogP contribution in [0.1, 0.15) is 41.0 Å². The molecule has 1 aromatic heterocycles. The van der Waals surface area contributed by atoms with Gasteiger partial charge in [-0.05, 0) is 39.3 Å². The van der Waals surface area contributed by atoms with Crippen LogP contribution in [0.4, 0.5) is 24.7 Å². The second-order valence-electron chi connectivity index (χ2n) is 9.10. The summed E-state index contributed by atoms with van der Waals surface area (Å²) in [6.45, 7) is 8.02. The molecule has 2 aliphatic rings. The molecule has 4 rings (SSSR count). The molecule has 0 radical (unpaired) electrons. The maximum Gasteiger partial charge on any atom is 0.490 e. The smallest absolute Gasteiger partial charge is 0.490 e. The molecule has 2 heterocycles. The highest BCUT2D eigenvalue weighted by Gasteiger charge is 2.59. The third kappa shape index (κ3) is 4.54. The number of alkyl halides is 3. The lowest BCUT2D eigenvalue weighted by Gasteiger charge is -2.22. The van der Waals surface area contributed by atoms with E-state index < -0.39 is 38.9 Å². The van der Waals surface area contributed by atoms with Crippen molar-refractivity contribution in [3.05, 3.63) is 56.9 Å². The van der Waals surface area contributed by atoms with Crippen LogP contribution < -0.4 is 10.3 Å².